The Labute approximate surface area is 167 Å². The van der Waals surface area contributed by atoms with Crippen LogP contribution in [0.4, 0.5) is 16.4 Å². The number of hydrogen-bond donors (Lipinski definition) is 3. The normalized spacial score (nSPS) is 11.2. The molecule has 0 aliphatic heterocycles. The molecule has 0 saturated carbocycles. The maximum absolute atomic E-state index is 10.9. The first kappa shape index (κ1) is 19.9. The molecule has 2 heterocycles. The predicted molar refractivity (Wildman–Crippen MR) is 111 cm³/mol. The molecular weight excluding hydrogens is 376 g/mol. The molecule has 0 radical (unpaired) electrons. The predicted octanol–water partition coefficient (Wildman–Crippen LogP) is 4.23. The molecule has 0 spiro atoms. The van der Waals surface area contributed by atoms with E-state index in [1.807, 2.05) is 24.6 Å². The molecule has 9 heteroatoms. The fourth-order valence-electron chi connectivity index (χ4n) is 3.00. The van der Waals surface area contributed by atoms with Gasteiger partial charge in [0.25, 0.3) is 0 Å². The Hall–Kier alpha value is -2.81. The van der Waals surface area contributed by atoms with Crippen molar-refractivity contribution in [3.8, 4) is 0 Å². The van der Waals surface area contributed by atoms with Gasteiger partial charge in [0.15, 0.2) is 10.8 Å². The van der Waals surface area contributed by atoms with E-state index in [9.17, 15) is 4.79 Å². The third-order valence-electron chi connectivity index (χ3n) is 4.45. The van der Waals surface area contributed by atoms with Crippen LogP contribution >= 0.6 is 11.8 Å². The average Bonchev–Trinajstić information content (AvgIpc) is 3.10. The molecule has 2 aromatic heterocycles. The molecule has 0 bridgehead atoms. The SMILES string of the molecule is CCc1ccc(NC(=O)O)cc1CNc1nc(SC)nc2c(C(C)C)cnn12. The Morgan fingerprint density at radius 1 is 1.29 bits per heavy atom. The van der Waals surface area contributed by atoms with E-state index < -0.39 is 6.09 Å². The van der Waals surface area contributed by atoms with Gasteiger partial charge in [0, 0.05) is 17.8 Å². The Kier molecular flexibility index (Phi) is 6.03. The maximum atomic E-state index is 10.9. The molecule has 0 atom stereocenters. The zero-order chi connectivity index (χ0) is 20.3. The Morgan fingerprint density at radius 3 is 2.71 bits per heavy atom. The lowest BCUT2D eigenvalue weighted by molar-refractivity contribution is 0.209. The number of benzene rings is 1. The summed E-state index contributed by atoms with van der Waals surface area (Å²) in [5, 5.41) is 19.8. The summed E-state index contributed by atoms with van der Waals surface area (Å²) in [6.07, 6.45) is 3.54. The van der Waals surface area contributed by atoms with Crippen LogP contribution < -0.4 is 10.6 Å². The molecule has 0 unspecified atom stereocenters. The lowest BCUT2D eigenvalue weighted by atomic mass is 10.0. The quantitative estimate of drug-likeness (QED) is 0.510. The highest BCUT2D eigenvalue weighted by molar-refractivity contribution is 7.98. The monoisotopic (exact) mass is 400 g/mol. The number of amides is 1. The van der Waals surface area contributed by atoms with E-state index >= 15 is 0 Å². The third kappa shape index (κ3) is 4.19. The first-order valence-corrected chi connectivity index (χ1v) is 10.3. The summed E-state index contributed by atoms with van der Waals surface area (Å²) in [7, 11) is 0. The summed E-state index contributed by atoms with van der Waals surface area (Å²) >= 11 is 1.48. The first-order chi connectivity index (χ1) is 13.4. The summed E-state index contributed by atoms with van der Waals surface area (Å²) in [6, 6.07) is 5.56. The number of rotatable bonds is 7. The number of aromatic nitrogens is 4. The van der Waals surface area contributed by atoms with Gasteiger partial charge >= 0.3 is 6.09 Å². The van der Waals surface area contributed by atoms with Gasteiger partial charge in [0.05, 0.1) is 6.20 Å². The molecule has 0 fully saturated rings. The zero-order valence-corrected chi connectivity index (χ0v) is 17.2. The van der Waals surface area contributed by atoms with Gasteiger partial charge in [-0.15, -0.1) is 0 Å². The van der Waals surface area contributed by atoms with Crippen molar-refractivity contribution in [1.29, 1.82) is 0 Å². The van der Waals surface area contributed by atoms with Gasteiger partial charge in [-0.2, -0.15) is 14.6 Å². The lowest BCUT2D eigenvalue weighted by Gasteiger charge is -2.13. The van der Waals surface area contributed by atoms with Crippen LogP contribution in [0.2, 0.25) is 0 Å². The van der Waals surface area contributed by atoms with Gasteiger partial charge in [-0.1, -0.05) is 38.6 Å². The molecule has 3 aromatic rings. The summed E-state index contributed by atoms with van der Waals surface area (Å²) in [5.74, 6) is 0.917. The second kappa shape index (κ2) is 8.47. The van der Waals surface area contributed by atoms with E-state index in [0.717, 1.165) is 28.8 Å². The number of nitrogens with one attached hydrogen (secondary N) is 2. The molecule has 28 heavy (non-hydrogen) atoms. The van der Waals surface area contributed by atoms with E-state index in [0.29, 0.717) is 29.3 Å². The number of fused-ring (bicyclic) bond motifs is 1. The van der Waals surface area contributed by atoms with Crippen molar-refractivity contribution in [2.75, 3.05) is 16.9 Å². The van der Waals surface area contributed by atoms with Crippen LogP contribution in [0.3, 0.4) is 0 Å². The van der Waals surface area contributed by atoms with Crippen LogP contribution in [0.25, 0.3) is 5.65 Å². The minimum Gasteiger partial charge on any atom is -0.465 e. The van der Waals surface area contributed by atoms with Gasteiger partial charge in [-0.3, -0.25) is 5.32 Å². The van der Waals surface area contributed by atoms with E-state index in [1.54, 1.807) is 10.6 Å². The second-order valence-corrected chi connectivity index (χ2v) is 7.42. The van der Waals surface area contributed by atoms with Crippen molar-refractivity contribution in [3.63, 3.8) is 0 Å². The molecule has 0 saturated heterocycles. The molecule has 0 aliphatic rings. The number of nitrogens with zero attached hydrogens (tertiary/aromatic N) is 4. The summed E-state index contributed by atoms with van der Waals surface area (Å²) in [6.45, 7) is 6.79. The Balaban J connectivity index is 1.94. The number of hydrogen-bond acceptors (Lipinski definition) is 6. The standard InChI is InChI=1S/C19H24N6O2S/c1-5-12-6-7-14(22-19(26)27)8-13(12)9-20-17-24-18(28-4)23-16-15(11(2)3)10-21-25(16)17/h6-8,10-11,22H,5,9H2,1-4H3,(H,26,27)(H,20,23,24). The van der Waals surface area contributed by atoms with Gasteiger partial charge in [-0.05, 0) is 41.9 Å². The first-order valence-electron chi connectivity index (χ1n) is 9.08. The molecular formula is C19H24N6O2S. The number of anilines is 2. The number of carbonyl (C=O) groups is 1. The van der Waals surface area contributed by atoms with Crippen LogP contribution in [0.15, 0.2) is 29.6 Å². The van der Waals surface area contributed by atoms with E-state index in [4.69, 9.17) is 5.11 Å². The van der Waals surface area contributed by atoms with Crippen LogP contribution in [-0.4, -0.2) is 37.0 Å². The van der Waals surface area contributed by atoms with E-state index in [2.05, 4.69) is 46.5 Å². The van der Waals surface area contributed by atoms with Crippen molar-refractivity contribution in [2.24, 2.45) is 0 Å². The smallest absolute Gasteiger partial charge is 0.409 e. The summed E-state index contributed by atoms with van der Waals surface area (Å²) in [4.78, 5) is 20.1. The fraction of sp³-hybridized carbons (Fsp3) is 0.368. The average molecular weight is 401 g/mol. The highest BCUT2D eigenvalue weighted by Gasteiger charge is 2.15. The Bertz CT molecular complexity index is 1000. The van der Waals surface area contributed by atoms with Crippen molar-refractivity contribution >= 4 is 35.1 Å². The molecule has 3 rings (SSSR count). The number of carboxylic acid groups (broad SMARTS) is 1. The largest absolute Gasteiger partial charge is 0.465 e. The molecule has 1 aromatic carbocycles. The molecule has 1 amide bonds. The summed E-state index contributed by atoms with van der Waals surface area (Å²) < 4.78 is 1.72. The van der Waals surface area contributed by atoms with E-state index in [-0.39, 0.29) is 0 Å². The fourth-order valence-corrected chi connectivity index (χ4v) is 3.35. The summed E-state index contributed by atoms with van der Waals surface area (Å²) in [5.41, 5.74) is 4.56. The van der Waals surface area contributed by atoms with E-state index in [1.165, 1.54) is 11.8 Å². The lowest BCUT2D eigenvalue weighted by Crippen LogP contribution is -2.12. The van der Waals surface area contributed by atoms with Gasteiger partial charge in [0.2, 0.25) is 5.95 Å². The number of aryl methyl sites for hydroxylation is 1. The van der Waals surface area contributed by atoms with Crippen molar-refractivity contribution in [3.05, 3.63) is 41.1 Å². The maximum Gasteiger partial charge on any atom is 0.409 e. The van der Waals surface area contributed by atoms with Crippen LogP contribution in [0.5, 0.6) is 0 Å². The molecule has 8 nitrogen and oxygen atoms in total. The van der Waals surface area contributed by atoms with Crippen molar-refractivity contribution < 1.29 is 9.90 Å². The molecule has 0 aliphatic carbocycles. The highest BCUT2D eigenvalue weighted by Crippen LogP contribution is 2.24. The van der Waals surface area contributed by atoms with Gasteiger partial charge in [-0.25, -0.2) is 9.78 Å². The third-order valence-corrected chi connectivity index (χ3v) is 5.00. The van der Waals surface area contributed by atoms with Crippen LogP contribution in [-0.2, 0) is 13.0 Å². The second-order valence-electron chi connectivity index (χ2n) is 6.64. The Morgan fingerprint density at radius 2 is 2.07 bits per heavy atom. The highest BCUT2D eigenvalue weighted by atomic mass is 32.2. The van der Waals surface area contributed by atoms with Crippen LogP contribution in [0.1, 0.15) is 43.4 Å². The minimum atomic E-state index is -1.08. The topological polar surface area (TPSA) is 104 Å². The molecule has 148 valence electrons. The molecule has 3 N–H and O–H groups in total. The van der Waals surface area contributed by atoms with Gasteiger partial charge in [0.1, 0.15) is 0 Å². The zero-order valence-electron chi connectivity index (χ0n) is 16.4. The van der Waals surface area contributed by atoms with Crippen molar-refractivity contribution in [1.82, 2.24) is 19.6 Å². The van der Waals surface area contributed by atoms with Crippen LogP contribution in [0, 0.1) is 0 Å². The van der Waals surface area contributed by atoms with Gasteiger partial charge < -0.3 is 10.4 Å². The van der Waals surface area contributed by atoms with Crippen molar-refractivity contribution in [2.45, 2.75) is 44.8 Å². The minimum absolute atomic E-state index is 0.306. The number of thioether (sulfide) groups is 1.